The highest BCUT2D eigenvalue weighted by Crippen LogP contribution is 2.55. The molecule has 2 aromatic rings. The number of halogens is 1. The summed E-state index contributed by atoms with van der Waals surface area (Å²) >= 11 is 6.89. The molecule has 0 fully saturated rings. The number of hydrogen-bond donors (Lipinski definition) is 0. The Hall–Kier alpha value is -3.09. The summed E-state index contributed by atoms with van der Waals surface area (Å²) in [6.45, 7) is 10.2. The molecule has 0 N–H and O–H groups in total. The van der Waals surface area contributed by atoms with E-state index in [4.69, 9.17) is 25.8 Å². The number of nitrogens with zero attached hydrogens (tertiary/aromatic N) is 1. The summed E-state index contributed by atoms with van der Waals surface area (Å²) < 4.78 is 17.3. The van der Waals surface area contributed by atoms with E-state index in [-0.39, 0.29) is 22.4 Å². The molecule has 0 radical (unpaired) electrons. The summed E-state index contributed by atoms with van der Waals surface area (Å²) in [4.78, 5) is 30.4. The number of methoxy groups -OCH3 is 2. The van der Waals surface area contributed by atoms with Gasteiger partial charge in [-0.3, -0.25) is 9.59 Å². The zero-order valence-corrected chi connectivity index (χ0v) is 26.4. The van der Waals surface area contributed by atoms with E-state index in [0.717, 1.165) is 52.9 Å². The number of carbonyl (C=O) groups is 2. The molecule has 0 aromatic heterocycles. The third-order valence-corrected chi connectivity index (χ3v) is 8.84. The van der Waals surface area contributed by atoms with E-state index >= 15 is 0 Å². The molecule has 0 bridgehead atoms. The van der Waals surface area contributed by atoms with E-state index in [2.05, 4.69) is 32.6 Å². The van der Waals surface area contributed by atoms with Crippen LogP contribution < -0.4 is 9.47 Å². The maximum atomic E-state index is 14.0. The molecule has 1 aliphatic heterocycles. The minimum atomic E-state index is -0.504. The topological polar surface area (TPSA) is 65.1 Å². The monoisotopic (exact) mass is 591 g/mol. The van der Waals surface area contributed by atoms with Crippen molar-refractivity contribution >= 4 is 23.2 Å². The van der Waals surface area contributed by atoms with E-state index in [0.29, 0.717) is 49.1 Å². The summed E-state index contributed by atoms with van der Waals surface area (Å²) in [5.41, 5.74) is 4.91. The number of ether oxygens (including phenoxy) is 3. The molecule has 2 aliphatic carbocycles. The summed E-state index contributed by atoms with van der Waals surface area (Å²) in [5.74, 6) is 0.598. The Balaban J connectivity index is 1.65. The van der Waals surface area contributed by atoms with Crippen LogP contribution >= 0.6 is 11.6 Å². The van der Waals surface area contributed by atoms with Gasteiger partial charge in [0.1, 0.15) is 6.61 Å². The van der Waals surface area contributed by atoms with Crippen LogP contribution in [-0.2, 0) is 20.9 Å². The van der Waals surface area contributed by atoms with Gasteiger partial charge in [-0.05, 0) is 53.4 Å². The minimum absolute atomic E-state index is 0.0895. The van der Waals surface area contributed by atoms with Gasteiger partial charge in [0.2, 0.25) is 0 Å². The SMILES string of the molecule is COCCCN1C2=C(C(=O)CC(C)(C)C2)C(c2cc(Cl)c(OCc3ccccc3)c(OC)c2)C2=C1CC(C)(C)CC2=O. The van der Waals surface area contributed by atoms with Crippen molar-refractivity contribution in [2.24, 2.45) is 10.8 Å². The molecule has 224 valence electrons. The van der Waals surface area contributed by atoms with Gasteiger partial charge in [0.15, 0.2) is 23.1 Å². The summed E-state index contributed by atoms with van der Waals surface area (Å²) in [6, 6.07) is 13.6. The molecule has 5 rings (SSSR count). The van der Waals surface area contributed by atoms with E-state index in [1.807, 2.05) is 42.5 Å². The van der Waals surface area contributed by atoms with Gasteiger partial charge < -0.3 is 19.1 Å². The first kappa shape index (κ1) is 30.4. The number of allylic oxidation sites excluding steroid dienone is 4. The minimum Gasteiger partial charge on any atom is -0.493 e. The van der Waals surface area contributed by atoms with E-state index in [1.54, 1.807) is 14.2 Å². The molecule has 6 nitrogen and oxygen atoms in total. The number of carbonyl (C=O) groups excluding carboxylic acids is 2. The predicted octanol–water partition coefficient (Wildman–Crippen LogP) is 7.65. The number of benzene rings is 2. The van der Waals surface area contributed by atoms with Gasteiger partial charge in [-0.25, -0.2) is 0 Å². The Bertz CT molecular complexity index is 1380. The van der Waals surface area contributed by atoms with Crippen LogP contribution in [0.25, 0.3) is 0 Å². The average molecular weight is 592 g/mol. The largest absolute Gasteiger partial charge is 0.493 e. The second-order valence-corrected chi connectivity index (χ2v) is 13.7. The third kappa shape index (κ3) is 6.02. The standard InChI is InChI=1S/C35H42ClNO5/c1-34(2)17-25-31(27(38)19-34)30(32-26(37(25)13-10-14-40-5)18-35(3,4)20-28(32)39)23-15-24(36)33(29(16-23)41-6)42-21-22-11-8-7-9-12-22/h7-9,11-12,15-16,30H,10,13-14,17-21H2,1-6H3. The maximum Gasteiger partial charge on any atom is 0.180 e. The highest BCUT2D eigenvalue weighted by molar-refractivity contribution is 6.32. The number of ketones is 2. The number of hydrogen-bond acceptors (Lipinski definition) is 6. The molecule has 7 heteroatoms. The Kier molecular flexibility index (Phi) is 8.60. The Morgan fingerprint density at radius 1 is 0.881 bits per heavy atom. The van der Waals surface area contributed by atoms with Crippen molar-refractivity contribution in [2.45, 2.75) is 72.3 Å². The van der Waals surface area contributed by atoms with Crippen LogP contribution in [0.4, 0.5) is 0 Å². The molecular weight excluding hydrogens is 550 g/mol. The second kappa shape index (κ2) is 11.9. The summed E-state index contributed by atoms with van der Waals surface area (Å²) in [5, 5.41) is 0.388. The van der Waals surface area contributed by atoms with Crippen LogP contribution in [-0.4, -0.2) is 43.8 Å². The molecule has 0 spiro atoms. The van der Waals surface area contributed by atoms with Crippen molar-refractivity contribution in [3.63, 3.8) is 0 Å². The predicted molar refractivity (Wildman–Crippen MR) is 165 cm³/mol. The third-order valence-electron chi connectivity index (χ3n) is 8.56. The molecule has 2 aromatic carbocycles. The molecule has 0 unspecified atom stereocenters. The van der Waals surface area contributed by atoms with Gasteiger partial charge in [0.05, 0.1) is 12.1 Å². The van der Waals surface area contributed by atoms with Gasteiger partial charge in [-0.1, -0.05) is 69.6 Å². The van der Waals surface area contributed by atoms with Crippen molar-refractivity contribution in [1.82, 2.24) is 4.90 Å². The molecule has 0 atom stereocenters. The molecular formula is C35H42ClNO5. The van der Waals surface area contributed by atoms with Crippen LogP contribution in [0.5, 0.6) is 11.5 Å². The Labute approximate surface area is 254 Å². The van der Waals surface area contributed by atoms with Crippen LogP contribution in [0.3, 0.4) is 0 Å². The van der Waals surface area contributed by atoms with Gasteiger partial charge in [-0.2, -0.15) is 0 Å². The molecule has 0 saturated heterocycles. The Morgan fingerprint density at radius 2 is 1.48 bits per heavy atom. The van der Waals surface area contributed by atoms with Gasteiger partial charge in [0, 0.05) is 61.6 Å². The van der Waals surface area contributed by atoms with Crippen LogP contribution in [0.15, 0.2) is 65.0 Å². The van der Waals surface area contributed by atoms with Crippen LogP contribution in [0, 0.1) is 10.8 Å². The summed E-state index contributed by atoms with van der Waals surface area (Å²) in [7, 11) is 3.29. The highest BCUT2D eigenvalue weighted by Gasteiger charge is 2.49. The fourth-order valence-electron chi connectivity index (χ4n) is 6.79. The number of Topliss-reactive ketones (excluding diaryl/α,β-unsaturated/α-hetero) is 2. The van der Waals surface area contributed by atoms with Gasteiger partial charge >= 0.3 is 0 Å². The van der Waals surface area contributed by atoms with E-state index < -0.39 is 5.92 Å². The molecule has 0 saturated carbocycles. The van der Waals surface area contributed by atoms with Crippen LogP contribution in [0.2, 0.25) is 5.02 Å². The first-order valence-corrected chi connectivity index (χ1v) is 15.2. The van der Waals surface area contributed by atoms with Gasteiger partial charge in [-0.15, -0.1) is 0 Å². The van der Waals surface area contributed by atoms with E-state index in [1.165, 1.54) is 0 Å². The summed E-state index contributed by atoms with van der Waals surface area (Å²) in [6.07, 6.45) is 3.17. The first-order valence-electron chi connectivity index (χ1n) is 14.8. The lowest BCUT2D eigenvalue weighted by molar-refractivity contribution is -0.119. The van der Waals surface area contributed by atoms with Crippen molar-refractivity contribution in [2.75, 3.05) is 27.4 Å². The average Bonchev–Trinajstić information content (AvgIpc) is 2.91. The smallest absolute Gasteiger partial charge is 0.180 e. The lowest BCUT2D eigenvalue weighted by Gasteiger charge is -2.49. The van der Waals surface area contributed by atoms with Crippen molar-refractivity contribution in [3.8, 4) is 11.5 Å². The maximum absolute atomic E-state index is 14.0. The number of rotatable bonds is 9. The second-order valence-electron chi connectivity index (χ2n) is 13.3. The molecule has 3 aliphatic rings. The normalized spacial score (nSPS) is 20.0. The van der Waals surface area contributed by atoms with E-state index in [9.17, 15) is 9.59 Å². The first-order chi connectivity index (χ1) is 19.9. The lowest BCUT2D eigenvalue weighted by Crippen LogP contribution is -2.44. The van der Waals surface area contributed by atoms with Crippen LogP contribution in [0.1, 0.15) is 76.8 Å². The zero-order chi connectivity index (χ0) is 30.2. The fraction of sp³-hybridized carbons (Fsp3) is 0.486. The van der Waals surface area contributed by atoms with Crippen molar-refractivity contribution in [3.05, 3.63) is 81.2 Å². The zero-order valence-electron chi connectivity index (χ0n) is 25.6. The Morgan fingerprint density at radius 3 is 2.02 bits per heavy atom. The molecule has 42 heavy (non-hydrogen) atoms. The fourth-order valence-corrected chi connectivity index (χ4v) is 7.07. The lowest BCUT2D eigenvalue weighted by atomic mass is 9.63. The molecule has 0 amide bonds. The highest BCUT2D eigenvalue weighted by atomic mass is 35.5. The van der Waals surface area contributed by atoms with Gasteiger partial charge in [0.25, 0.3) is 0 Å². The quantitative estimate of drug-likeness (QED) is 0.279. The molecule has 1 heterocycles. The van der Waals surface area contributed by atoms with Crippen molar-refractivity contribution < 1.29 is 23.8 Å². The van der Waals surface area contributed by atoms with Crippen molar-refractivity contribution in [1.29, 1.82) is 0 Å².